The number of nitrogens with one attached hydrogen (secondary N) is 1. The van der Waals surface area contributed by atoms with E-state index in [-0.39, 0.29) is 6.10 Å². The highest BCUT2D eigenvalue weighted by Gasteiger charge is 2.31. The molecule has 1 rings (SSSR count). The Hall–Kier alpha value is -1.30. The quantitative estimate of drug-likeness (QED) is 0.623. The molecule has 2 atom stereocenters. The van der Waals surface area contributed by atoms with Gasteiger partial charge < -0.3 is 19.5 Å². The Balaban J connectivity index is 2.57. The van der Waals surface area contributed by atoms with Gasteiger partial charge in [-0.05, 0) is 54.4 Å². The fraction of sp³-hybridized carbons (Fsp3) is 0.867. The van der Waals surface area contributed by atoms with Crippen molar-refractivity contribution in [3.63, 3.8) is 0 Å². The van der Waals surface area contributed by atoms with Crippen LogP contribution in [-0.2, 0) is 19.0 Å². The summed E-state index contributed by atoms with van der Waals surface area (Å²) in [5, 5.41) is 2.59. The molecule has 21 heavy (non-hydrogen) atoms. The lowest BCUT2D eigenvalue weighted by atomic mass is 10.1. The van der Waals surface area contributed by atoms with E-state index in [0.717, 1.165) is 0 Å². The molecule has 1 saturated heterocycles. The average molecular weight is 301 g/mol. The number of hydrogen-bond acceptors (Lipinski definition) is 5. The van der Waals surface area contributed by atoms with Crippen LogP contribution < -0.4 is 5.32 Å². The Morgan fingerprint density at radius 2 is 1.67 bits per heavy atom. The van der Waals surface area contributed by atoms with Crippen molar-refractivity contribution in [1.29, 1.82) is 0 Å². The summed E-state index contributed by atoms with van der Waals surface area (Å²) in [6, 6.07) is -0.719. The highest BCUT2D eigenvalue weighted by atomic mass is 16.6. The zero-order valence-corrected chi connectivity index (χ0v) is 13.8. The number of epoxide rings is 1. The molecule has 6 nitrogen and oxygen atoms in total. The van der Waals surface area contributed by atoms with E-state index in [9.17, 15) is 9.59 Å². The van der Waals surface area contributed by atoms with E-state index in [1.165, 1.54) is 0 Å². The van der Waals surface area contributed by atoms with Gasteiger partial charge in [0, 0.05) is 0 Å². The molecule has 1 N–H and O–H groups in total. The van der Waals surface area contributed by atoms with Gasteiger partial charge >= 0.3 is 12.1 Å². The van der Waals surface area contributed by atoms with Gasteiger partial charge in [0.1, 0.15) is 17.2 Å². The van der Waals surface area contributed by atoms with Gasteiger partial charge in [0.05, 0.1) is 12.7 Å². The van der Waals surface area contributed by atoms with E-state index in [1.807, 2.05) is 0 Å². The second-order valence-corrected chi connectivity index (χ2v) is 7.26. The van der Waals surface area contributed by atoms with E-state index in [0.29, 0.717) is 19.4 Å². The monoisotopic (exact) mass is 301 g/mol. The van der Waals surface area contributed by atoms with Crippen molar-refractivity contribution in [3.8, 4) is 0 Å². The molecule has 122 valence electrons. The number of carbonyl (C=O) groups is 2. The first-order chi connectivity index (χ1) is 9.46. The largest absolute Gasteiger partial charge is 0.458 e. The molecule has 0 radical (unpaired) electrons. The topological polar surface area (TPSA) is 77.2 Å². The maximum absolute atomic E-state index is 12.2. The number of esters is 1. The maximum Gasteiger partial charge on any atom is 0.408 e. The first-order valence-corrected chi connectivity index (χ1v) is 7.30. The summed E-state index contributed by atoms with van der Waals surface area (Å²) in [6.07, 6.45) is 0.754. The summed E-state index contributed by atoms with van der Waals surface area (Å²) in [5.41, 5.74) is -1.21. The van der Waals surface area contributed by atoms with E-state index < -0.39 is 29.3 Å². The molecule has 0 aromatic carbocycles. The van der Waals surface area contributed by atoms with Gasteiger partial charge in [-0.15, -0.1) is 0 Å². The van der Waals surface area contributed by atoms with Crippen molar-refractivity contribution in [3.05, 3.63) is 0 Å². The van der Waals surface area contributed by atoms with E-state index in [1.54, 1.807) is 41.5 Å². The molecule has 0 aromatic rings. The minimum Gasteiger partial charge on any atom is -0.458 e. The van der Waals surface area contributed by atoms with Crippen LogP contribution in [0.3, 0.4) is 0 Å². The van der Waals surface area contributed by atoms with Crippen LogP contribution in [0.1, 0.15) is 54.4 Å². The predicted molar refractivity (Wildman–Crippen MR) is 78.0 cm³/mol. The zero-order valence-electron chi connectivity index (χ0n) is 13.8. The third-order valence-corrected chi connectivity index (χ3v) is 2.56. The maximum atomic E-state index is 12.2. The minimum absolute atomic E-state index is 0.190. The molecule has 1 aliphatic heterocycles. The summed E-state index contributed by atoms with van der Waals surface area (Å²) in [4.78, 5) is 24.0. The summed E-state index contributed by atoms with van der Waals surface area (Å²) >= 11 is 0. The van der Waals surface area contributed by atoms with Gasteiger partial charge in [0.15, 0.2) is 0 Å². The Bertz CT molecular complexity index is 377. The normalized spacial score (nSPS) is 19.6. The van der Waals surface area contributed by atoms with Gasteiger partial charge in [-0.3, -0.25) is 0 Å². The molecule has 1 fully saturated rings. The molecule has 0 saturated carbocycles. The molecule has 0 bridgehead atoms. The lowest BCUT2D eigenvalue weighted by Crippen LogP contribution is -2.46. The fourth-order valence-corrected chi connectivity index (χ4v) is 1.66. The van der Waals surface area contributed by atoms with Crippen LogP contribution in [-0.4, -0.2) is 42.0 Å². The van der Waals surface area contributed by atoms with Crippen LogP contribution >= 0.6 is 0 Å². The third-order valence-electron chi connectivity index (χ3n) is 2.56. The number of hydrogen-bond donors (Lipinski definition) is 1. The molecular formula is C15H27NO5. The summed E-state index contributed by atoms with van der Waals surface area (Å²) in [7, 11) is 0. The lowest BCUT2D eigenvalue weighted by molar-refractivity contribution is -0.157. The standard InChI is InChI=1S/C15H27NO5/c1-14(2,3)20-12(17)11(8-7-10-9-19-10)16-13(18)21-15(4,5)6/h10-11H,7-9H2,1-6H3,(H,16,18)/t10?,11-/m0/s1. The molecule has 1 heterocycles. The van der Waals surface area contributed by atoms with Gasteiger partial charge in [-0.25, -0.2) is 9.59 Å². The zero-order chi connectivity index (χ0) is 16.3. The van der Waals surface area contributed by atoms with E-state index in [4.69, 9.17) is 14.2 Å². The van der Waals surface area contributed by atoms with E-state index in [2.05, 4.69) is 5.32 Å². The van der Waals surface area contributed by atoms with Crippen molar-refractivity contribution in [2.75, 3.05) is 6.61 Å². The van der Waals surface area contributed by atoms with Gasteiger partial charge in [-0.2, -0.15) is 0 Å². The SMILES string of the molecule is CC(C)(C)OC(=O)N[C@@H](CCC1CO1)C(=O)OC(C)(C)C. The van der Waals surface area contributed by atoms with Gasteiger partial charge in [0.2, 0.25) is 0 Å². The number of carbonyl (C=O) groups excluding carboxylic acids is 2. The Kier molecular flexibility index (Phi) is 5.61. The van der Waals surface area contributed by atoms with Crippen LogP contribution in [0.25, 0.3) is 0 Å². The fourth-order valence-electron chi connectivity index (χ4n) is 1.66. The molecule has 6 heteroatoms. The first-order valence-electron chi connectivity index (χ1n) is 7.30. The number of rotatable bonds is 5. The first kappa shape index (κ1) is 17.8. The van der Waals surface area contributed by atoms with E-state index >= 15 is 0 Å². The van der Waals surface area contributed by atoms with Crippen LogP contribution in [0.5, 0.6) is 0 Å². The van der Waals surface area contributed by atoms with Crippen LogP contribution in [0, 0.1) is 0 Å². The molecule has 1 amide bonds. The van der Waals surface area contributed by atoms with Crippen LogP contribution in [0.2, 0.25) is 0 Å². The predicted octanol–water partition coefficient (Wildman–Crippen LogP) is 2.40. The second-order valence-electron chi connectivity index (χ2n) is 7.26. The molecule has 0 aromatic heterocycles. The van der Waals surface area contributed by atoms with Crippen molar-refractivity contribution >= 4 is 12.1 Å². The molecule has 0 aliphatic carbocycles. The number of ether oxygens (including phenoxy) is 3. The Labute approximate surface area is 126 Å². The third kappa shape index (κ3) is 8.55. The minimum atomic E-state index is -0.719. The van der Waals surface area contributed by atoms with Gasteiger partial charge in [-0.1, -0.05) is 0 Å². The molecule has 1 unspecified atom stereocenters. The number of amides is 1. The number of alkyl carbamates (subject to hydrolysis) is 1. The van der Waals surface area contributed by atoms with Crippen molar-refractivity contribution in [1.82, 2.24) is 5.32 Å². The van der Waals surface area contributed by atoms with Crippen molar-refractivity contribution < 1.29 is 23.8 Å². The molecule has 1 aliphatic rings. The van der Waals surface area contributed by atoms with Crippen molar-refractivity contribution in [2.45, 2.75) is 77.7 Å². The highest BCUT2D eigenvalue weighted by molar-refractivity contribution is 5.81. The highest BCUT2D eigenvalue weighted by Crippen LogP contribution is 2.19. The van der Waals surface area contributed by atoms with Crippen molar-refractivity contribution in [2.24, 2.45) is 0 Å². The smallest absolute Gasteiger partial charge is 0.408 e. The average Bonchev–Trinajstić information content (AvgIpc) is 3.02. The van der Waals surface area contributed by atoms with Crippen LogP contribution in [0.4, 0.5) is 4.79 Å². The van der Waals surface area contributed by atoms with Crippen LogP contribution in [0.15, 0.2) is 0 Å². The summed E-state index contributed by atoms with van der Waals surface area (Å²) in [6.45, 7) is 11.4. The summed E-state index contributed by atoms with van der Waals surface area (Å²) < 4.78 is 15.6. The lowest BCUT2D eigenvalue weighted by Gasteiger charge is -2.26. The molecular weight excluding hydrogens is 274 g/mol. The van der Waals surface area contributed by atoms with Gasteiger partial charge in [0.25, 0.3) is 0 Å². The summed E-state index contributed by atoms with van der Waals surface area (Å²) in [5.74, 6) is -0.450. The second kappa shape index (κ2) is 6.64. The Morgan fingerprint density at radius 3 is 2.10 bits per heavy atom. The Morgan fingerprint density at radius 1 is 1.14 bits per heavy atom. The molecule has 0 spiro atoms.